The van der Waals surface area contributed by atoms with E-state index in [9.17, 15) is 9.59 Å². The van der Waals surface area contributed by atoms with E-state index in [0.29, 0.717) is 19.0 Å². The topological polar surface area (TPSA) is 70.1 Å². The number of ether oxygens (including phenoxy) is 1. The van der Waals surface area contributed by atoms with Gasteiger partial charge in [0.25, 0.3) is 0 Å². The van der Waals surface area contributed by atoms with E-state index in [0.717, 1.165) is 19.3 Å². The monoisotopic (exact) mass is 414 g/mol. The van der Waals surface area contributed by atoms with Crippen molar-refractivity contribution in [1.29, 1.82) is 0 Å². The Morgan fingerprint density at radius 3 is 2.40 bits per heavy atom. The van der Waals surface area contributed by atoms with Crippen molar-refractivity contribution < 1.29 is 19.4 Å². The van der Waals surface area contributed by atoms with Crippen molar-refractivity contribution in [2.75, 3.05) is 19.6 Å². The molecular weight excluding hydrogens is 380 g/mol. The summed E-state index contributed by atoms with van der Waals surface area (Å²) in [5.41, 5.74) is 1.91. The molecule has 0 bridgehead atoms. The molecule has 0 spiro atoms. The second-order valence-electron chi connectivity index (χ2n) is 9.50. The van der Waals surface area contributed by atoms with Gasteiger partial charge in [0.05, 0.1) is 6.54 Å². The molecule has 0 radical (unpaired) electrons. The number of carbonyl (C=O) groups excluding carboxylic acids is 1. The Hall–Kier alpha value is -2.34. The average Bonchev–Trinajstić information content (AvgIpc) is 3.43. The van der Waals surface area contributed by atoms with Gasteiger partial charge in [0.15, 0.2) is 0 Å². The van der Waals surface area contributed by atoms with Gasteiger partial charge < -0.3 is 14.7 Å². The number of carbonyl (C=O) groups is 2. The highest BCUT2D eigenvalue weighted by atomic mass is 16.6. The van der Waals surface area contributed by atoms with Gasteiger partial charge in [-0.2, -0.15) is 0 Å². The van der Waals surface area contributed by atoms with Crippen LogP contribution in [-0.4, -0.2) is 64.3 Å². The molecule has 6 heteroatoms. The van der Waals surface area contributed by atoms with Crippen molar-refractivity contribution in [2.45, 2.75) is 64.6 Å². The van der Waals surface area contributed by atoms with E-state index in [2.05, 4.69) is 25.1 Å². The Morgan fingerprint density at radius 2 is 1.83 bits per heavy atom. The minimum Gasteiger partial charge on any atom is -0.480 e. The normalized spacial score (nSPS) is 23.1. The van der Waals surface area contributed by atoms with Crippen molar-refractivity contribution >= 4 is 18.1 Å². The summed E-state index contributed by atoms with van der Waals surface area (Å²) < 4.78 is 5.75. The number of rotatable bonds is 6. The van der Waals surface area contributed by atoms with E-state index in [-0.39, 0.29) is 24.7 Å². The summed E-state index contributed by atoms with van der Waals surface area (Å²) in [6.07, 6.45) is 4.45. The van der Waals surface area contributed by atoms with E-state index >= 15 is 0 Å². The molecule has 1 aliphatic carbocycles. The quantitative estimate of drug-likeness (QED) is 0.753. The van der Waals surface area contributed by atoms with Gasteiger partial charge in [-0.15, -0.1) is 0 Å². The Balaban J connectivity index is 1.71. The first kappa shape index (κ1) is 22.3. The van der Waals surface area contributed by atoms with Gasteiger partial charge in [-0.3, -0.25) is 9.69 Å². The van der Waals surface area contributed by atoms with Crippen LogP contribution < -0.4 is 0 Å². The zero-order valence-electron chi connectivity index (χ0n) is 18.5. The summed E-state index contributed by atoms with van der Waals surface area (Å²) in [5, 5.41) is 9.04. The summed E-state index contributed by atoms with van der Waals surface area (Å²) in [6.45, 7) is 9.25. The van der Waals surface area contributed by atoms with E-state index in [1.807, 2.05) is 48.8 Å². The predicted octanol–water partition coefficient (Wildman–Crippen LogP) is 4.26. The lowest BCUT2D eigenvalue weighted by Gasteiger charge is -2.39. The molecule has 2 fully saturated rings. The van der Waals surface area contributed by atoms with E-state index in [4.69, 9.17) is 9.84 Å². The smallest absolute Gasteiger partial charge is 0.410 e. The molecule has 6 nitrogen and oxygen atoms in total. The summed E-state index contributed by atoms with van der Waals surface area (Å²) in [7, 11) is 0. The minimum absolute atomic E-state index is 0.0597. The molecule has 1 heterocycles. The van der Waals surface area contributed by atoms with Crippen molar-refractivity contribution in [3.63, 3.8) is 0 Å². The van der Waals surface area contributed by atoms with E-state index in [1.54, 1.807) is 0 Å². The summed E-state index contributed by atoms with van der Waals surface area (Å²) >= 11 is 0. The maximum Gasteiger partial charge on any atom is 0.410 e. The van der Waals surface area contributed by atoms with Gasteiger partial charge in [0.2, 0.25) is 0 Å². The van der Waals surface area contributed by atoms with Gasteiger partial charge >= 0.3 is 12.1 Å². The Kier molecular flexibility index (Phi) is 6.86. The maximum atomic E-state index is 13.1. The average molecular weight is 415 g/mol. The molecular formula is C24H34N2O4. The number of aliphatic carboxylic acids is 1. The van der Waals surface area contributed by atoms with Crippen molar-refractivity contribution in [1.82, 2.24) is 9.80 Å². The Morgan fingerprint density at radius 1 is 1.20 bits per heavy atom. The molecule has 1 aromatic rings. The zero-order chi connectivity index (χ0) is 21.9. The van der Waals surface area contributed by atoms with Gasteiger partial charge in [0, 0.05) is 31.1 Å². The lowest BCUT2D eigenvalue weighted by molar-refractivity contribution is -0.138. The molecule has 0 unspecified atom stereocenters. The van der Waals surface area contributed by atoms with Gasteiger partial charge in [-0.25, -0.2) is 4.79 Å². The predicted molar refractivity (Wildman–Crippen MR) is 117 cm³/mol. The minimum atomic E-state index is -0.804. The molecule has 2 atom stereocenters. The van der Waals surface area contributed by atoms with Crippen molar-refractivity contribution in [3.05, 3.63) is 41.5 Å². The zero-order valence-corrected chi connectivity index (χ0v) is 18.5. The number of hydrogen-bond acceptors (Lipinski definition) is 4. The fraction of sp³-hybridized carbons (Fsp3) is 0.583. The summed E-state index contributed by atoms with van der Waals surface area (Å²) in [6, 6.07) is 10.5. The van der Waals surface area contributed by atoms with Crippen LogP contribution in [0.25, 0.3) is 6.08 Å². The number of amides is 1. The van der Waals surface area contributed by atoms with Gasteiger partial charge in [-0.1, -0.05) is 42.0 Å². The SMILES string of the molecule is C/C(=C\c1ccccc1)[C@@H]1C[C@H]1N(C(=O)OC(C)(C)C)C1CCN(CC(=O)O)CC1. The summed E-state index contributed by atoms with van der Waals surface area (Å²) in [4.78, 5) is 28.0. The molecule has 1 aliphatic heterocycles. The largest absolute Gasteiger partial charge is 0.480 e. The molecule has 1 amide bonds. The van der Waals surface area contributed by atoms with Crippen LogP contribution in [0.2, 0.25) is 0 Å². The first-order valence-corrected chi connectivity index (χ1v) is 10.8. The molecule has 2 aliphatic rings. The highest BCUT2D eigenvalue weighted by Gasteiger charge is 2.48. The molecule has 164 valence electrons. The highest BCUT2D eigenvalue weighted by Crippen LogP contribution is 2.44. The Labute approximate surface area is 179 Å². The Bertz CT molecular complexity index is 776. The number of nitrogens with zero attached hydrogens (tertiary/aromatic N) is 2. The van der Waals surface area contributed by atoms with Crippen molar-refractivity contribution in [3.8, 4) is 0 Å². The van der Waals surface area contributed by atoms with Crippen LogP contribution in [0.1, 0.15) is 52.5 Å². The number of likely N-dealkylation sites (tertiary alicyclic amines) is 1. The summed E-state index contributed by atoms with van der Waals surface area (Å²) in [5.74, 6) is -0.462. The molecule has 30 heavy (non-hydrogen) atoms. The van der Waals surface area contributed by atoms with E-state index < -0.39 is 11.6 Å². The fourth-order valence-electron chi connectivity index (χ4n) is 4.31. The highest BCUT2D eigenvalue weighted by molar-refractivity contribution is 5.70. The number of hydrogen-bond donors (Lipinski definition) is 1. The number of benzene rings is 1. The second-order valence-corrected chi connectivity index (χ2v) is 9.50. The van der Waals surface area contributed by atoms with Gasteiger partial charge in [-0.05, 0) is 52.5 Å². The van der Waals surface area contributed by atoms with Crippen molar-refractivity contribution in [2.24, 2.45) is 5.92 Å². The molecule has 1 saturated carbocycles. The maximum absolute atomic E-state index is 13.1. The lowest BCUT2D eigenvalue weighted by Crippen LogP contribution is -2.50. The van der Waals surface area contributed by atoms with Crippen LogP contribution in [-0.2, 0) is 9.53 Å². The molecule has 1 aromatic carbocycles. The third-order valence-corrected chi connectivity index (χ3v) is 5.81. The second kappa shape index (κ2) is 9.21. The standard InChI is InChI=1S/C24H34N2O4/c1-17(14-18-8-6-5-7-9-18)20-15-21(20)26(23(29)30-24(2,3)4)19-10-12-25(13-11-19)16-22(27)28/h5-9,14,19-21H,10-13,15-16H2,1-4H3,(H,27,28)/b17-14+/t20-,21+/m0/s1. The third kappa shape index (κ3) is 6.08. The molecule has 1 saturated heterocycles. The van der Waals surface area contributed by atoms with Crippen LogP contribution in [0.4, 0.5) is 4.79 Å². The molecule has 0 aromatic heterocycles. The van der Waals surface area contributed by atoms with Crippen LogP contribution in [0.15, 0.2) is 35.9 Å². The molecule has 3 rings (SSSR count). The lowest BCUT2D eigenvalue weighted by atomic mass is 10.0. The van der Waals surface area contributed by atoms with Crippen LogP contribution in [0, 0.1) is 5.92 Å². The first-order valence-electron chi connectivity index (χ1n) is 10.8. The van der Waals surface area contributed by atoms with Crippen LogP contribution >= 0.6 is 0 Å². The molecule has 1 N–H and O–H groups in total. The van der Waals surface area contributed by atoms with Crippen LogP contribution in [0.5, 0.6) is 0 Å². The van der Waals surface area contributed by atoms with E-state index in [1.165, 1.54) is 11.1 Å². The first-order chi connectivity index (χ1) is 14.1. The number of piperidine rings is 1. The van der Waals surface area contributed by atoms with Gasteiger partial charge in [0.1, 0.15) is 5.60 Å². The van der Waals surface area contributed by atoms with Crippen LogP contribution in [0.3, 0.4) is 0 Å². The fourth-order valence-corrected chi connectivity index (χ4v) is 4.31. The number of carboxylic acids is 1. The number of carboxylic acid groups (broad SMARTS) is 1. The third-order valence-electron chi connectivity index (χ3n) is 5.81.